The largest absolute Gasteiger partial charge is 1.00 e. The van der Waals surface area contributed by atoms with Crippen LogP contribution in [0.15, 0.2) is 67.1 Å². The predicted octanol–water partition coefficient (Wildman–Crippen LogP) is 1.74. The zero-order valence-electron chi connectivity index (χ0n) is 12.1. The number of imidazole rings is 1. The Labute approximate surface area is 150 Å². The first kappa shape index (κ1) is 16.1. The van der Waals surface area contributed by atoms with E-state index in [0.29, 0.717) is 16.6 Å². The molecule has 0 N–H and O–H groups in total. The maximum absolute atomic E-state index is 6.27. The van der Waals surface area contributed by atoms with Crippen molar-refractivity contribution in [1.29, 1.82) is 0 Å². The van der Waals surface area contributed by atoms with Crippen LogP contribution in [-0.2, 0) is 6.54 Å². The number of rotatable bonds is 2. The molecule has 2 nitrogen and oxygen atoms in total. The molecule has 5 heteroatoms. The van der Waals surface area contributed by atoms with Crippen LogP contribution in [0, 0.1) is 0 Å². The van der Waals surface area contributed by atoms with Crippen LogP contribution in [0.3, 0.4) is 0 Å². The topological polar surface area (TPSA) is 8.29 Å². The first-order valence-electron chi connectivity index (χ1n) is 7.03. The van der Waals surface area contributed by atoms with Gasteiger partial charge in [0.15, 0.2) is 5.52 Å². The Balaban J connectivity index is 0.00000156. The Kier molecular flexibility index (Phi) is 4.49. The highest BCUT2D eigenvalue weighted by Gasteiger charge is 2.11. The Bertz CT molecular complexity index is 992. The molecule has 0 aliphatic heterocycles. The van der Waals surface area contributed by atoms with Gasteiger partial charge in [-0.25, -0.2) is 4.57 Å². The van der Waals surface area contributed by atoms with Crippen LogP contribution in [0.25, 0.3) is 16.4 Å². The molecule has 2 aromatic heterocycles. The molecule has 2 aromatic carbocycles. The van der Waals surface area contributed by atoms with Gasteiger partial charge in [-0.2, -0.15) is 4.40 Å². The average molecular weight is 364 g/mol. The van der Waals surface area contributed by atoms with Gasteiger partial charge in [0, 0.05) is 21.0 Å². The summed E-state index contributed by atoms with van der Waals surface area (Å²) in [4.78, 5) is 0. The predicted molar refractivity (Wildman–Crippen MR) is 90.7 cm³/mol. The zero-order chi connectivity index (χ0) is 15.1. The fourth-order valence-corrected chi connectivity index (χ4v) is 3.23. The molecule has 116 valence electrons. The lowest BCUT2D eigenvalue weighted by Crippen LogP contribution is -3.00. The molecule has 23 heavy (non-hydrogen) atoms. The molecule has 0 saturated heterocycles. The molecule has 4 aromatic rings. The van der Waals surface area contributed by atoms with E-state index >= 15 is 0 Å². The van der Waals surface area contributed by atoms with Crippen LogP contribution in [0.2, 0.25) is 10.0 Å². The van der Waals surface area contributed by atoms with Gasteiger partial charge in [-0.3, -0.25) is 0 Å². The van der Waals surface area contributed by atoms with Crippen LogP contribution >= 0.6 is 23.2 Å². The van der Waals surface area contributed by atoms with E-state index in [2.05, 4.69) is 57.9 Å². The second-order valence-corrected chi connectivity index (χ2v) is 6.18. The third kappa shape index (κ3) is 3.02. The summed E-state index contributed by atoms with van der Waals surface area (Å²) in [5.41, 5.74) is 3.40. The molecule has 0 amide bonds. The number of hydrogen-bond acceptors (Lipinski definition) is 0. The fourth-order valence-electron chi connectivity index (χ4n) is 2.76. The van der Waals surface area contributed by atoms with E-state index in [1.165, 1.54) is 10.9 Å². The normalized spacial score (nSPS) is 10.9. The smallest absolute Gasteiger partial charge is 0.249 e. The molecular formula is C18H13Cl3N2. The molecule has 0 unspecified atom stereocenters. The van der Waals surface area contributed by atoms with Crippen molar-refractivity contribution in [3.63, 3.8) is 0 Å². The molecular weight excluding hydrogens is 351 g/mol. The van der Waals surface area contributed by atoms with Crippen molar-refractivity contribution in [2.24, 2.45) is 0 Å². The van der Waals surface area contributed by atoms with E-state index in [9.17, 15) is 0 Å². The first-order valence-corrected chi connectivity index (χ1v) is 7.79. The molecule has 0 spiro atoms. The summed E-state index contributed by atoms with van der Waals surface area (Å²) in [5.74, 6) is 0. The van der Waals surface area contributed by atoms with Crippen LogP contribution in [-0.4, -0.2) is 4.40 Å². The maximum Gasteiger partial charge on any atom is 0.249 e. The Morgan fingerprint density at radius 3 is 2.61 bits per heavy atom. The standard InChI is InChI=1S/C18H13Cl2N2.ClH/c19-15-7-5-14(17(20)9-15)10-21-11-16-8-6-13-3-1-2-4-18(13)22(16)12-21;/h1-9,11-12H,10H2;1H/q+1;/p-1. The number of halogens is 3. The lowest BCUT2D eigenvalue weighted by molar-refractivity contribution is -0.686. The minimum absolute atomic E-state index is 0. The number of benzene rings is 2. The van der Waals surface area contributed by atoms with E-state index in [1.807, 2.05) is 12.1 Å². The van der Waals surface area contributed by atoms with E-state index in [0.717, 1.165) is 11.1 Å². The van der Waals surface area contributed by atoms with Gasteiger partial charge in [0.2, 0.25) is 6.33 Å². The Hall–Kier alpha value is -1.74. The Morgan fingerprint density at radius 2 is 1.78 bits per heavy atom. The van der Waals surface area contributed by atoms with Gasteiger partial charge in [-0.1, -0.05) is 47.5 Å². The molecule has 4 rings (SSSR count). The highest BCUT2D eigenvalue weighted by molar-refractivity contribution is 6.35. The van der Waals surface area contributed by atoms with Gasteiger partial charge in [0.1, 0.15) is 18.3 Å². The van der Waals surface area contributed by atoms with Crippen LogP contribution in [0.4, 0.5) is 0 Å². The summed E-state index contributed by atoms with van der Waals surface area (Å²) in [6, 6.07) is 18.3. The molecule has 0 atom stereocenters. The highest BCUT2D eigenvalue weighted by Crippen LogP contribution is 2.21. The molecule has 0 aliphatic carbocycles. The van der Waals surface area contributed by atoms with E-state index in [-0.39, 0.29) is 12.4 Å². The van der Waals surface area contributed by atoms with Crippen molar-refractivity contribution < 1.29 is 17.0 Å². The third-order valence-corrected chi connectivity index (χ3v) is 4.42. The fraction of sp³-hybridized carbons (Fsp3) is 0.0556. The second kappa shape index (κ2) is 6.40. The molecule has 0 fully saturated rings. The van der Waals surface area contributed by atoms with E-state index in [1.54, 1.807) is 6.07 Å². The van der Waals surface area contributed by atoms with Crippen LogP contribution in [0.5, 0.6) is 0 Å². The van der Waals surface area contributed by atoms with Gasteiger partial charge in [0.25, 0.3) is 0 Å². The van der Waals surface area contributed by atoms with Gasteiger partial charge < -0.3 is 12.4 Å². The molecule has 0 aliphatic rings. The van der Waals surface area contributed by atoms with Crippen LogP contribution in [0.1, 0.15) is 5.56 Å². The van der Waals surface area contributed by atoms with Crippen LogP contribution < -0.4 is 17.0 Å². The minimum Gasteiger partial charge on any atom is -1.00 e. The van der Waals surface area contributed by atoms with Crippen molar-refractivity contribution in [3.05, 3.63) is 82.7 Å². The highest BCUT2D eigenvalue weighted by atomic mass is 35.5. The molecule has 2 heterocycles. The number of nitrogens with zero attached hydrogens (tertiary/aromatic N) is 2. The van der Waals surface area contributed by atoms with Crippen molar-refractivity contribution in [1.82, 2.24) is 4.40 Å². The van der Waals surface area contributed by atoms with Gasteiger partial charge >= 0.3 is 0 Å². The van der Waals surface area contributed by atoms with E-state index < -0.39 is 0 Å². The summed E-state index contributed by atoms with van der Waals surface area (Å²) in [7, 11) is 0. The van der Waals surface area contributed by atoms with Crippen molar-refractivity contribution in [2.75, 3.05) is 0 Å². The van der Waals surface area contributed by atoms with Gasteiger partial charge in [-0.15, -0.1) is 0 Å². The average Bonchev–Trinajstić information content (AvgIpc) is 2.93. The number of hydrogen-bond donors (Lipinski definition) is 0. The Morgan fingerprint density at radius 1 is 0.957 bits per heavy atom. The molecule has 0 bridgehead atoms. The second-order valence-electron chi connectivity index (χ2n) is 5.34. The van der Waals surface area contributed by atoms with E-state index in [4.69, 9.17) is 23.2 Å². The number of fused-ring (bicyclic) bond motifs is 3. The monoisotopic (exact) mass is 362 g/mol. The van der Waals surface area contributed by atoms with Gasteiger partial charge in [-0.05, 0) is 30.3 Å². The van der Waals surface area contributed by atoms with Crippen molar-refractivity contribution in [2.45, 2.75) is 6.54 Å². The number of pyridine rings is 1. The van der Waals surface area contributed by atoms with Crippen molar-refractivity contribution >= 4 is 39.6 Å². The summed E-state index contributed by atoms with van der Waals surface area (Å²) in [5, 5.41) is 2.58. The summed E-state index contributed by atoms with van der Waals surface area (Å²) in [6.07, 6.45) is 4.22. The third-order valence-electron chi connectivity index (χ3n) is 3.84. The van der Waals surface area contributed by atoms with Crippen molar-refractivity contribution in [3.8, 4) is 0 Å². The summed E-state index contributed by atoms with van der Waals surface area (Å²) < 4.78 is 4.33. The number of para-hydroxylation sites is 1. The van der Waals surface area contributed by atoms with Gasteiger partial charge in [0.05, 0.1) is 0 Å². The summed E-state index contributed by atoms with van der Waals surface area (Å²) in [6.45, 7) is 0.714. The molecule has 0 saturated carbocycles. The SMILES string of the molecule is Clc1ccc(C[n+]2cc3ccc4ccccc4n3c2)c(Cl)c1.[Cl-]. The number of aromatic nitrogens is 2. The lowest BCUT2D eigenvalue weighted by Gasteiger charge is -2.01. The lowest BCUT2D eigenvalue weighted by atomic mass is 10.2. The summed E-state index contributed by atoms with van der Waals surface area (Å²) >= 11 is 12.2. The molecule has 0 radical (unpaired) electrons. The quantitative estimate of drug-likeness (QED) is 0.480. The first-order chi connectivity index (χ1) is 10.7. The minimum atomic E-state index is 0. The maximum atomic E-state index is 6.27. The zero-order valence-corrected chi connectivity index (χ0v) is 14.4.